The van der Waals surface area contributed by atoms with Crippen LogP contribution in [0.3, 0.4) is 0 Å². The summed E-state index contributed by atoms with van der Waals surface area (Å²) in [7, 11) is 0. The largest absolute Gasteiger partial charge is 0.369 e. The Hall–Kier alpha value is -3.18. The Balaban J connectivity index is 1.52. The second kappa shape index (κ2) is 6.17. The predicted molar refractivity (Wildman–Crippen MR) is 109 cm³/mol. The molecule has 1 aromatic heterocycles. The van der Waals surface area contributed by atoms with Gasteiger partial charge in [0.25, 0.3) is 11.8 Å². The number of nitrogens with zero attached hydrogens (tertiary/aromatic N) is 2. The fraction of sp³-hybridized carbons (Fsp3) is 0.435. The summed E-state index contributed by atoms with van der Waals surface area (Å²) in [6.07, 6.45) is 3.92. The highest BCUT2D eigenvalue weighted by atomic mass is 19.1. The highest BCUT2D eigenvalue weighted by Crippen LogP contribution is 2.55. The minimum Gasteiger partial charge on any atom is -0.369 e. The molecule has 4 N–H and O–H groups in total. The van der Waals surface area contributed by atoms with Crippen molar-refractivity contribution in [2.75, 3.05) is 6.54 Å². The molecule has 2 aromatic rings. The van der Waals surface area contributed by atoms with Gasteiger partial charge in [0.15, 0.2) is 0 Å². The maximum Gasteiger partial charge on any atom is 0.269 e. The molecule has 31 heavy (non-hydrogen) atoms. The molecular formula is C23H21FN4O3. The van der Waals surface area contributed by atoms with Crippen molar-refractivity contribution in [3.05, 3.63) is 40.5 Å². The molecular weight excluding hydrogens is 399 g/mol. The van der Waals surface area contributed by atoms with E-state index in [1.807, 2.05) is 0 Å². The maximum atomic E-state index is 14.9. The van der Waals surface area contributed by atoms with E-state index in [9.17, 15) is 19.1 Å². The molecule has 2 amide bonds. The Bertz CT molecular complexity index is 1230. The number of amides is 2. The number of hydrogen-bond acceptors (Lipinski definition) is 4. The number of hydrogen-bond donors (Lipinski definition) is 3. The summed E-state index contributed by atoms with van der Waals surface area (Å²) in [5.74, 6) is 4.77. The van der Waals surface area contributed by atoms with Gasteiger partial charge in [0.2, 0.25) is 5.60 Å². The van der Waals surface area contributed by atoms with Crippen molar-refractivity contribution in [1.29, 1.82) is 0 Å². The van der Waals surface area contributed by atoms with Crippen molar-refractivity contribution in [2.24, 2.45) is 5.73 Å². The van der Waals surface area contributed by atoms with Crippen LogP contribution in [0.15, 0.2) is 12.1 Å². The predicted octanol–water partition coefficient (Wildman–Crippen LogP) is 1.70. The van der Waals surface area contributed by atoms with E-state index in [1.54, 1.807) is 6.07 Å². The van der Waals surface area contributed by atoms with Gasteiger partial charge in [0, 0.05) is 30.5 Å². The zero-order valence-electron chi connectivity index (χ0n) is 16.7. The first-order valence-electron chi connectivity index (χ1n) is 10.7. The number of primary amides is 1. The third kappa shape index (κ3) is 2.66. The third-order valence-corrected chi connectivity index (χ3v) is 7.00. The highest BCUT2D eigenvalue weighted by molar-refractivity contribution is 5.93. The summed E-state index contributed by atoms with van der Waals surface area (Å²) >= 11 is 0. The van der Waals surface area contributed by atoms with Gasteiger partial charge in [-0.3, -0.25) is 9.59 Å². The van der Waals surface area contributed by atoms with Gasteiger partial charge in [-0.25, -0.2) is 9.37 Å². The lowest BCUT2D eigenvalue weighted by atomic mass is 9.75. The second-order valence-corrected chi connectivity index (χ2v) is 9.04. The quantitative estimate of drug-likeness (QED) is 0.643. The number of carbonyl (C=O) groups excluding carboxylic acids is 2. The van der Waals surface area contributed by atoms with Crippen LogP contribution in [0.1, 0.15) is 77.3 Å². The zero-order chi connectivity index (χ0) is 21.5. The number of halogens is 1. The summed E-state index contributed by atoms with van der Waals surface area (Å²) in [5, 5.41) is 12.9. The first-order chi connectivity index (χ1) is 14.9. The van der Waals surface area contributed by atoms with E-state index >= 15 is 0 Å². The van der Waals surface area contributed by atoms with Gasteiger partial charge in [-0.15, -0.1) is 0 Å². The van der Waals surface area contributed by atoms with Crippen molar-refractivity contribution < 1.29 is 19.1 Å². The third-order valence-electron chi connectivity index (χ3n) is 7.00. The molecule has 0 unspecified atom stereocenters. The van der Waals surface area contributed by atoms with E-state index in [1.165, 1.54) is 6.07 Å². The lowest BCUT2D eigenvalue weighted by Gasteiger charge is -2.35. The summed E-state index contributed by atoms with van der Waals surface area (Å²) in [4.78, 5) is 28.6. The van der Waals surface area contributed by atoms with Gasteiger partial charge in [-0.2, -0.15) is 0 Å². The minimum absolute atomic E-state index is 0.0918. The molecule has 2 aliphatic carbocycles. The summed E-state index contributed by atoms with van der Waals surface area (Å²) in [6.45, 7) is 0.330. The van der Waals surface area contributed by atoms with Gasteiger partial charge >= 0.3 is 0 Å². The summed E-state index contributed by atoms with van der Waals surface area (Å²) in [5.41, 5.74) is 6.75. The van der Waals surface area contributed by atoms with Gasteiger partial charge in [0.1, 0.15) is 17.3 Å². The normalized spacial score (nSPS) is 27.9. The number of carbonyl (C=O) groups is 2. The van der Waals surface area contributed by atoms with Crippen molar-refractivity contribution >= 4 is 11.8 Å². The smallest absolute Gasteiger partial charge is 0.269 e. The van der Waals surface area contributed by atoms with Crippen LogP contribution >= 0.6 is 0 Å². The molecule has 0 spiro atoms. The molecule has 4 heterocycles. The minimum atomic E-state index is -1.81. The maximum absolute atomic E-state index is 14.9. The van der Waals surface area contributed by atoms with Crippen molar-refractivity contribution in [3.8, 4) is 23.2 Å². The second-order valence-electron chi connectivity index (χ2n) is 9.04. The molecule has 158 valence electrons. The van der Waals surface area contributed by atoms with Crippen molar-refractivity contribution in [1.82, 2.24) is 14.9 Å². The summed E-state index contributed by atoms with van der Waals surface area (Å²) in [6, 6.07) is 3.35. The number of aromatic nitrogens is 2. The molecule has 7 rings (SSSR count). The lowest BCUT2D eigenvalue weighted by molar-refractivity contribution is -0.130. The number of nitrogens with two attached hydrogens (primary N) is 1. The van der Waals surface area contributed by atoms with Gasteiger partial charge < -0.3 is 20.7 Å². The van der Waals surface area contributed by atoms with E-state index in [-0.39, 0.29) is 23.9 Å². The van der Waals surface area contributed by atoms with Crippen LogP contribution in [-0.4, -0.2) is 38.6 Å². The fourth-order valence-electron chi connectivity index (χ4n) is 5.11. The average Bonchev–Trinajstić information content (AvgIpc) is 3.42. The lowest BCUT2D eigenvalue weighted by Crippen LogP contribution is -2.36. The number of benzene rings is 1. The number of aliphatic hydroxyl groups is 1. The van der Waals surface area contributed by atoms with Crippen LogP contribution in [0.2, 0.25) is 0 Å². The molecule has 5 aliphatic rings. The van der Waals surface area contributed by atoms with Gasteiger partial charge in [-0.1, -0.05) is 11.8 Å². The monoisotopic (exact) mass is 420 g/mol. The Kier molecular flexibility index (Phi) is 3.70. The van der Waals surface area contributed by atoms with E-state index in [0.29, 0.717) is 24.0 Å². The Morgan fingerprint density at radius 2 is 2.10 bits per heavy atom. The van der Waals surface area contributed by atoms with Crippen molar-refractivity contribution in [2.45, 2.75) is 55.6 Å². The number of rotatable bonds is 2. The first-order valence-corrected chi connectivity index (χ1v) is 10.7. The molecule has 8 heteroatoms. The Morgan fingerprint density at radius 3 is 2.74 bits per heavy atom. The van der Waals surface area contributed by atoms with E-state index < -0.39 is 23.2 Å². The van der Waals surface area contributed by atoms with Gasteiger partial charge in [-0.05, 0) is 49.3 Å². The molecule has 2 bridgehead atoms. The molecule has 1 aromatic carbocycles. The van der Waals surface area contributed by atoms with Crippen LogP contribution < -0.4 is 11.1 Å². The van der Waals surface area contributed by atoms with E-state index in [0.717, 1.165) is 42.5 Å². The standard InChI is InChI=1S/C23H21FN4O3/c24-17-10-15-13-7-14(8-13)28-19(11-1-2-11)18(20(25)29)27-21(28)16(15)9-12(17)3-4-23(31)5-6-26-22(23)30/h9-11,13-14,31H,1-2,5-8H2,(H2,25,29)(H,26,30)/t13?,14?,23-/m0/s1. The van der Waals surface area contributed by atoms with Crippen molar-refractivity contribution in [3.63, 3.8) is 0 Å². The Morgan fingerprint density at radius 1 is 1.32 bits per heavy atom. The van der Waals surface area contributed by atoms with Crippen LogP contribution in [0.25, 0.3) is 11.4 Å². The molecule has 0 radical (unpaired) electrons. The number of nitrogens with one attached hydrogen (secondary N) is 1. The van der Waals surface area contributed by atoms with E-state index in [2.05, 4.69) is 26.7 Å². The molecule has 1 atom stereocenters. The Labute approximate surface area is 177 Å². The highest BCUT2D eigenvalue weighted by Gasteiger charge is 2.44. The van der Waals surface area contributed by atoms with Crippen LogP contribution in [-0.2, 0) is 4.79 Å². The molecule has 3 aliphatic heterocycles. The fourth-order valence-corrected chi connectivity index (χ4v) is 5.11. The molecule has 2 saturated carbocycles. The summed E-state index contributed by atoms with van der Waals surface area (Å²) < 4.78 is 17.1. The molecule has 3 fully saturated rings. The van der Waals surface area contributed by atoms with Crippen LogP contribution in [0.5, 0.6) is 0 Å². The van der Waals surface area contributed by atoms with Crippen LogP contribution in [0.4, 0.5) is 4.39 Å². The average molecular weight is 420 g/mol. The van der Waals surface area contributed by atoms with E-state index in [4.69, 9.17) is 5.73 Å². The molecule has 7 nitrogen and oxygen atoms in total. The first kappa shape index (κ1) is 18.6. The number of imidazole rings is 1. The van der Waals surface area contributed by atoms with Crippen LogP contribution in [0, 0.1) is 17.7 Å². The zero-order valence-corrected chi connectivity index (χ0v) is 16.7. The van der Waals surface area contributed by atoms with Gasteiger partial charge in [0.05, 0.1) is 11.3 Å². The topological polar surface area (TPSA) is 110 Å². The SMILES string of the molecule is NC(=O)c1nc2n(c1C1CC1)C1CC(C1)c1cc(F)c(C#C[C@]3(O)CCNC3=O)cc1-2. The molecule has 1 saturated heterocycles.